The molecule has 0 radical (unpaired) electrons. The number of carbonyl (C=O) groups excluding carboxylic acids is 1. The number of rotatable bonds is 4. The number of carbonyl (C=O) groups is 1. The van der Waals surface area contributed by atoms with E-state index in [9.17, 15) is 4.79 Å². The molecule has 4 nitrogen and oxygen atoms in total. The smallest absolute Gasteiger partial charge is 0.306 e. The molecular weight excluding hydrogens is 206 g/mol. The van der Waals surface area contributed by atoms with Gasteiger partial charge in [-0.1, -0.05) is 6.92 Å². The fraction of sp³-hybridized carbons (Fsp3) is 0.917. The lowest BCUT2D eigenvalue weighted by atomic mass is 10.0. The second-order valence-electron chi connectivity index (χ2n) is 4.89. The van der Waals surface area contributed by atoms with E-state index in [0.717, 1.165) is 12.8 Å². The minimum atomic E-state index is -0.135. The molecule has 0 aromatic carbocycles. The summed E-state index contributed by atoms with van der Waals surface area (Å²) in [7, 11) is 0. The van der Waals surface area contributed by atoms with Crippen LogP contribution >= 0.6 is 0 Å². The van der Waals surface area contributed by atoms with Gasteiger partial charge in [-0.05, 0) is 26.3 Å². The molecule has 94 valence electrons. The van der Waals surface area contributed by atoms with E-state index in [1.165, 1.54) is 0 Å². The van der Waals surface area contributed by atoms with Crippen LogP contribution in [0.5, 0.6) is 0 Å². The predicted molar refractivity (Wildman–Crippen MR) is 62.0 cm³/mol. The van der Waals surface area contributed by atoms with Gasteiger partial charge in [-0.3, -0.25) is 4.79 Å². The molecule has 0 amide bonds. The maximum atomic E-state index is 11.6. The van der Waals surface area contributed by atoms with Gasteiger partial charge in [0.25, 0.3) is 0 Å². The van der Waals surface area contributed by atoms with Crippen molar-refractivity contribution in [2.24, 2.45) is 11.7 Å². The van der Waals surface area contributed by atoms with Crippen molar-refractivity contribution >= 4 is 5.97 Å². The number of hydrogen-bond donors (Lipinski definition) is 1. The summed E-state index contributed by atoms with van der Waals surface area (Å²) in [5.74, 6) is 0.0615. The first-order valence-electron chi connectivity index (χ1n) is 6.06. The topological polar surface area (TPSA) is 61.6 Å². The Morgan fingerprint density at radius 3 is 2.50 bits per heavy atom. The molecule has 2 N–H and O–H groups in total. The highest BCUT2D eigenvalue weighted by molar-refractivity contribution is 5.69. The van der Waals surface area contributed by atoms with E-state index in [4.69, 9.17) is 15.2 Å². The normalized spacial score (nSPS) is 32.1. The second-order valence-corrected chi connectivity index (χ2v) is 4.89. The zero-order valence-electron chi connectivity index (χ0n) is 10.4. The van der Waals surface area contributed by atoms with Crippen LogP contribution in [-0.2, 0) is 14.3 Å². The fourth-order valence-electron chi connectivity index (χ4n) is 2.04. The van der Waals surface area contributed by atoms with E-state index in [0.29, 0.717) is 13.0 Å². The van der Waals surface area contributed by atoms with E-state index in [2.05, 4.69) is 0 Å². The average molecular weight is 229 g/mol. The summed E-state index contributed by atoms with van der Waals surface area (Å²) in [6.45, 7) is 6.50. The van der Waals surface area contributed by atoms with Crippen LogP contribution in [0.3, 0.4) is 0 Å². The number of hydrogen-bond acceptors (Lipinski definition) is 4. The monoisotopic (exact) mass is 229 g/mol. The molecule has 0 aromatic heterocycles. The second kappa shape index (κ2) is 6.21. The molecule has 0 spiro atoms. The molecule has 4 heteroatoms. The molecule has 16 heavy (non-hydrogen) atoms. The third kappa shape index (κ3) is 4.49. The van der Waals surface area contributed by atoms with Gasteiger partial charge in [-0.2, -0.15) is 0 Å². The molecule has 0 aliphatic carbocycles. The molecule has 0 saturated carbocycles. The van der Waals surface area contributed by atoms with Gasteiger partial charge < -0.3 is 15.2 Å². The molecular formula is C12H23NO3. The fourth-order valence-corrected chi connectivity index (χ4v) is 2.04. The van der Waals surface area contributed by atoms with Crippen molar-refractivity contribution in [1.29, 1.82) is 0 Å². The average Bonchev–Trinajstić information content (AvgIpc) is 2.15. The highest BCUT2D eigenvalue weighted by Gasteiger charge is 2.27. The van der Waals surface area contributed by atoms with Crippen LogP contribution in [0.25, 0.3) is 0 Å². The van der Waals surface area contributed by atoms with Gasteiger partial charge in [-0.15, -0.1) is 0 Å². The quantitative estimate of drug-likeness (QED) is 0.742. The van der Waals surface area contributed by atoms with Crippen LogP contribution in [0.2, 0.25) is 0 Å². The summed E-state index contributed by atoms with van der Waals surface area (Å²) in [6, 6.07) is 0. The molecule has 0 bridgehead atoms. The Balaban J connectivity index is 2.33. The third-order valence-corrected chi connectivity index (χ3v) is 2.87. The van der Waals surface area contributed by atoms with Crippen molar-refractivity contribution in [2.45, 2.75) is 58.3 Å². The third-order valence-electron chi connectivity index (χ3n) is 2.87. The first kappa shape index (κ1) is 13.5. The predicted octanol–water partition coefficient (Wildman–Crippen LogP) is 1.47. The van der Waals surface area contributed by atoms with Crippen molar-refractivity contribution in [3.63, 3.8) is 0 Å². The van der Waals surface area contributed by atoms with Gasteiger partial charge in [-0.25, -0.2) is 0 Å². The van der Waals surface area contributed by atoms with Gasteiger partial charge in [0.2, 0.25) is 0 Å². The van der Waals surface area contributed by atoms with Crippen molar-refractivity contribution in [3.05, 3.63) is 0 Å². The lowest BCUT2D eigenvalue weighted by Gasteiger charge is -2.31. The van der Waals surface area contributed by atoms with Gasteiger partial charge >= 0.3 is 5.97 Å². The van der Waals surface area contributed by atoms with Gasteiger partial charge in [0.05, 0.1) is 12.2 Å². The lowest BCUT2D eigenvalue weighted by molar-refractivity contribution is -0.160. The summed E-state index contributed by atoms with van der Waals surface area (Å²) < 4.78 is 11.0. The Kier molecular flexibility index (Phi) is 5.22. The highest BCUT2D eigenvalue weighted by Crippen LogP contribution is 2.22. The molecule has 1 heterocycles. The SMILES string of the molecule is CC(CN)CC(=O)OC1CC(C)OC(C)C1. The van der Waals surface area contributed by atoms with E-state index < -0.39 is 0 Å². The van der Waals surface area contributed by atoms with Crippen molar-refractivity contribution in [1.82, 2.24) is 0 Å². The number of ether oxygens (including phenoxy) is 2. The van der Waals surface area contributed by atoms with E-state index in [1.54, 1.807) is 0 Å². The highest BCUT2D eigenvalue weighted by atomic mass is 16.6. The molecule has 1 rings (SSSR count). The Bertz CT molecular complexity index is 222. The molecule has 3 unspecified atom stereocenters. The number of esters is 1. The first-order chi connectivity index (χ1) is 7.51. The zero-order valence-corrected chi connectivity index (χ0v) is 10.4. The standard InChI is InChI=1S/C12H23NO3/c1-8(7-13)4-12(14)16-11-5-9(2)15-10(3)6-11/h8-11H,4-7,13H2,1-3H3. The van der Waals surface area contributed by atoms with Crippen molar-refractivity contribution in [3.8, 4) is 0 Å². The summed E-state index contributed by atoms with van der Waals surface area (Å²) in [6.07, 6.45) is 2.37. The zero-order chi connectivity index (χ0) is 12.1. The van der Waals surface area contributed by atoms with Crippen molar-refractivity contribution < 1.29 is 14.3 Å². The summed E-state index contributed by atoms with van der Waals surface area (Å²) >= 11 is 0. The van der Waals surface area contributed by atoms with Crippen LogP contribution in [0.1, 0.15) is 40.0 Å². The summed E-state index contributed by atoms with van der Waals surface area (Å²) in [4.78, 5) is 11.6. The summed E-state index contributed by atoms with van der Waals surface area (Å²) in [5, 5.41) is 0. The maximum Gasteiger partial charge on any atom is 0.306 e. The Morgan fingerprint density at radius 1 is 1.44 bits per heavy atom. The maximum absolute atomic E-state index is 11.6. The van der Waals surface area contributed by atoms with Crippen LogP contribution in [-0.4, -0.2) is 30.8 Å². The van der Waals surface area contributed by atoms with Crippen LogP contribution < -0.4 is 5.73 Å². The molecule has 0 aromatic rings. The summed E-state index contributed by atoms with van der Waals surface area (Å²) in [5.41, 5.74) is 5.47. The Morgan fingerprint density at radius 2 is 2.00 bits per heavy atom. The minimum Gasteiger partial charge on any atom is -0.462 e. The van der Waals surface area contributed by atoms with Gasteiger partial charge in [0, 0.05) is 19.3 Å². The molecule has 1 aliphatic heterocycles. The molecule has 1 fully saturated rings. The van der Waals surface area contributed by atoms with E-state index >= 15 is 0 Å². The lowest BCUT2D eigenvalue weighted by Crippen LogP contribution is -2.35. The largest absolute Gasteiger partial charge is 0.462 e. The van der Waals surface area contributed by atoms with Crippen LogP contribution in [0.15, 0.2) is 0 Å². The van der Waals surface area contributed by atoms with Gasteiger partial charge in [0.1, 0.15) is 6.10 Å². The van der Waals surface area contributed by atoms with Crippen LogP contribution in [0.4, 0.5) is 0 Å². The Hall–Kier alpha value is -0.610. The minimum absolute atomic E-state index is 0.0104. The molecule has 1 saturated heterocycles. The molecule has 3 atom stereocenters. The first-order valence-corrected chi connectivity index (χ1v) is 6.06. The van der Waals surface area contributed by atoms with Crippen LogP contribution in [0, 0.1) is 5.92 Å². The molecule has 1 aliphatic rings. The number of nitrogens with two attached hydrogens (primary N) is 1. The Labute approximate surface area is 97.5 Å². The van der Waals surface area contributed by atoms with Crippen molar-refractivity contribution in [2.75, 3.05) is 6.54 Å². The van der Waals surface area contributed by atoms with E-state index in [1.807, 2.05) is 20.8 Å². The van der Waals surface area contributed by atoms with Gasteiger partial charge in [0.15, 0.2) is 0 Å². The van der Waals surface area contributed by atoms with E-state index in [-0.39, 0.29) is 30.2 Å².